The number of hydrogen-bond donors (Lipinski definition) is 2. The van der Waals surface area contributed by atoms with Crippen LogP contribution >= 0.6 is 0 Å². The number of hydrogen-bond acceptors (Lipinski definition) is 3. The standard InChI is InChI=1S/C23H21N3O2/c1-15-8-9-16(2)26(15)20-12-10-18(11-13-20)23(27)25-24-17(3)22-14-19-6-4-5-7-21(19)28-22/h4-14,24H,3H2,1-2H3,(H,25,27). The van der Waals surface area contributed by atoms with Crippen molar-refractivity contribution in [2.75, 3.05) is 0 Å². The quantitative estimate of drug-likeness (QED) is 0.498. The highest BCUT2D eigenvalue weighted by molar-refractivity contribution is 5.94. The molecule has 1 amide bonds. The highest BCUT2D eigenvalue weighted by Gasteiger charge is 2.10. The van der Waals surface area contributed by atoms with E-state index in [0.29, 0.717) is 17.0 Å². The highest BCUT2D eigenvalue weighted by Crippen LogP contribution is 2.22. The third kappa shape index (κ3) is 3.30. The van der Waals surface area contributed by atoms with Crippen LogP contribution in [0.2, 0.25) is 0 Å². The molecule has 0 spiro atoms. The van der Waals surface area contributed by atoms with E-state index in [1.165, 1.54) is 0 Å². The number of fused-ring (bicyclic) bond motifs is 1. The van der Waals surface area contributed by atoms with Gasteiger partial charge in [-0.15, -0.1) is 0 Å². The van der Waals surface area contributed by atoms with E-state index < -0.39 is 0 Å². The van der Waals surface area contributed by atoms with E-state index in [1.54, 1.807) is 12.1 Å². The number of para-hydroxylation sites is 1. The molecule has 0 bridgehead atoms. The summed E-state index contributed by atoms with van der Waals surface area (Å²) in [6.07, 6.45) is 0. The molecule has 5 nitrogen and oxygen atoms in total. The first-order chi connectivity index (χ1) is 13.5. The Morgan fingerprint density at radius 2 is 1.61 bits per heavy atom. The Morgan fingerprint density at radius 1 is 0.929 bits per heavy atom. The summed E-state index contributed by atoms with van der Waals surface area (Å²) in [5, 5.41) is 0.984. The summed E-state index contributed by atoms with van der Waals surface area (Å²) in [4.78, 5) is 12.4. The van der Waals surface area contributed by atoms with Gasteiger partial charge in [-0.25, -0.2) is 0 Å². The van der Waals surface area contributed by atoms with Crippen molar-refractivity contribution in [1.29, 1.82) is 0 Å². The van der Waals surface area contributed by atoms with Crippen LogP contribution < -0.4 is 10.9 Å². The SMILES string of the molecule is C=C(NNC(=O)c1ccc(-n2c(C)ccc2C)cc1)c1cc2ccccc2o1. The van der Waals surface area contributed by atoms with Crippen LogP contribution in [0.15, 0.2) is 77.7 Å². The highest BCUT2D eigenvalue weighted by atomic mass is 16.3. The second-order valence-electron chi connectivity index (χ2n) is 6.70. The van der Waals surface area contributed by atoms with E-state index in [0.717, 1.165) is 28.0 Å². The summed E-state index contributed by atoms with van der Waals surface area (Å²) < 4.78 is 7.87. The molecule has 0 saturated heterocycles. The first-order valence-corrected chi connectivity index (χ1v) is 9.02. The summed E-state index contributed by atoms with van der Waals surface area (Å²) in [6, 6.07) is 21.2. The van der Waals surface area contributed by atoms with Crippen molar-refractivity contribution >= 4 is 22.6 Å². The zero-order valence-electron chi connectivity index (χ0n) is 15.8. The van der Waals surface area contributed by atoms with Crippen LogP contribution in [0.4, 0.5) is 0 Å². The van der Waals surface area contributed by atoms with Crippen molar-refractivity contribution in [3.05, 3.63) is 96.0 Å². The predicted molar refractivity (Wildman–Crippen MR) is 111 cm³/mol. The predicted octanol–water partition coefficient (Wildman–Crippen LogP) is 4.75. The zero-order chi connectivity index (χ0) is 19.7. The number of aromatic nitrogens is 1. The van der Waals surface area contributed by atoms with Crippen LogP contribution in [0.1, 0.15) is 27.5 Å². The number of nitrogens with zero attached hydrogens (tertiary/aromatic N) is 1. The fourth-order valence-electron chi connectivity index (χ4n) is 3.23. The van der Waals surface area contributed by atoms with E-state index in [2.05, 4.69) is 48.0 Å². The van der Waals surface area contributed by atoms with Gasteiger partial charge in [0.25, 0.3) is 5.91 Å². The topological polar surface area (TPSA) is 59.2 Å². The summed E-state index contributed by atoms with van der Waals surface area (Å²) in [5.74, 6) is 0.333. The maximum absolute atomic E-state index is 12.4. The number of rotatable bonds is 5. The van der Waals surface area contributed by atoms with Crippen molar-refractivity contribution in [1.82, 2.24) is 15.4 Å². The van der Waals surface area contributed by atoms with Crippen LogP contribution in [0, 0.1) is 13.8 Å². The number of benzene rings is 2. The van der Waals surface area contributed by atoms with Gasteiger partial charge in [-0.1, -0.05) is 24.8 Å². The minimum atomic E-state index is -0.246. The number of carbonyl (C=O) groups is 1. The number of nitrogens with one attached hydrogen (secondary N) is 2. The largest absolute Gasteiger partial charge is 0.454 e. The molecule has 28 heavy (non-hydrogen) atoms. The van der Waals surface area contributed by atoms with Crippen LogP contribution in [0.25, 0.3) is 22.4 Å². The summed E-state index contributed by atoms with van der Waals surface area (Å²) in [6.45, 7) is 8.04. The lowest BCUT2D eigenvalue weighted by Gasteiger charge is -2.11. The van der Waals surface area contributed by atoms with Crippen molar-refractivity contribution in [3.63, 3.8) is 0 Å². The van der Waals surface area contributed by atoms with Gasteiger partial charge in [0.1, 0.15) is 5.58 Å². The maximum atomic E-state index is 12.4. The second kappa shape index (κ2) is 7.12. The average molecular weight is 371 g/mol. The third-order valence-corrected chi connectivity index (χ3v) is 4.71. The molecule has 2 heterocycles. The van der Waals surface area contributed by atoms with Gasteiger partial charge in [-0.3, -0.25) is 15.6 Å². The second-order valence-corrected chi connectivity index (χ2v) is 6.70. The lowest BCUT2D eigenvalue weighted by Crippen LogP contribution is -2.35. The molecule has 4 rings (SSSR count). The van der Waals surface area contributed by atoms with Gasteiger partial charge in [0.15, 0.2) is 5.76 Å². The molecule has 5 heteroatoms. The minimum Gasteiger partial charge on any atom is -0.454 e. The molecule has 0 saturated carbocycles. The van der Waals surface area contributed by atoms with Crippen LogP contribution in [0.5, 0.6) is 0 Å². The number of furan rings is 1. The van der Waals surface area contributed by atoms with Crippen molar-refractivity contribution in [2.24, 2.45) is 0 Å². The van der Waals surface area contributed by atoms with Gasteiger partial charge in [0, 0.05) is 28.0 Å². The van der Waals surface area contributed by atoms with E-state index in [1.807, 2.05) is 42.5 Å². The summed E-state index contributed by atoms with van der Waals surface area (Å²) in [5.41, 5.74) is 10.6. The van der Waals surface area contributed by atoms with Gasteiger partial charge in [0.2, 0.25) is 0 Å². The first kappa shape index (κ1) is 17.7. The number of amides is 1. The maximum Gasteiger partial charge on any atom is 0.269 e. The molecular weight excluding hydrogens is 350 g/mol. The normalized spacial score (nSPS) is 10.8. The summed E-state index contributed by atoms with van der Waals surface area (Å²) >= 11 is 0. The number of aryl methyl sites for hydroxylation is 2. The molecule has 4 aromatic rings. The molecule has 0 radical (unpaired) electrons. The van der Waals surface area contributed by atoms with Crippen molar-refractivity contribution in [2.45, 2.75) is 13.8 Å². The molecule has 0 aliphatic heterocycles. The third-order valence-electron chi connectivity index (χ3n) is 4.71. The number of carbonyl (C=O) groups excluding carboxylic acids is 1. The Balaban J connectivity index is 1.43. The van der Waals surface area contributed by atoms with Crippen molar-refractivity contribution in [3.8, 4) is 5.69 Å². The van der Waals surface area contributed by atoms with Gasteiger partial charge >= 0.3 is 0 Å². The molecular formula is C23H21N3O2. The molecule has 0 atom stereocenters. The molecule has 2 N–H and O–H groups in total. The fraction of sp³-hybridized carbons (Fsp3) is 0.0870. The zero-order valence-corrected chi connectivity index (χ0v) is 15.8. The minimum absolute atomic E-state index is 0.246. The molecule has 0 unspecified atom stereocenters. The van der Waals surface area contributed by atoms with E-state index in [4.69, 9.17) is 4.42 Å². The molecule has 2 aromatic carbocycles. The monoisotopic (exact) mass is 371 g/mol. The van der Waals surface area contributed by atoms with E-state index in [-0.39, 0.29) is 5.91 Å². The van der Waals surface area contributed by atoms with Gasteiger partial charge in [-0.2, -0.15) is 0 Å². The summed E-state index contributed by atoms with van der Waals surface area (Å²) in [7, 11) is 0. The molecule has 0 aliphatic carbocycles. The Bertz CT molecular complexity index is 1110. The Labute approximate surface area is 163 Å². The Kier molecular flexibility index (Phi) is 4.49. The van der Waals surface area contributed by atoms with Gasteiger partial charge in [0.05, 0.1) is 5.70 Å². The number of hydrazine groups is 1. The molecule has 0 fully saturated rings. The molecule has 2 aromatic heterocycles. The Morgan fingerprint density at radius 3 is 2.29 bits per heavy atom. The van der Waals surface area contributed by atoms with Crippen LogP contribution in [-0.2, 0) is 0 Å². The van der Waals surface area contributed by atoms with E-state index >= 15 is 0 Å². The molecule has 140 valence electrons. The van der Waals surface area contributed by atoms with Gasteiger partial charge < -0.3 is 8.98 Å². The molecule has 0 aliphatic rings. The van der Waals surface area contributed by atoms with Crippen LogP contribution in [0.3, 0.4) is 0 Å². The lowest BCUT2D eigenvalue weighted by molar-refractivity contribution is 0.0942. The van der Waals surface area contributed by atoms with E-state index in [9.17, 15) is 4.79 Å². The average Bonchev–Trinajstić information content (AvgIpc) is 3.29. The van der Waals surface area contributed by atoms with Crippen LogP contribution in [-0.4, -0.2) is 10.5 Å². The fourth-order valence-corrected chi connectivity index (χ4v) is 3.23. The first-order valence-electron chi connectivity index (χ1n) is 9.02. The van der Waals surface area contributed by atoms with Gasteiger partial charge in [-0.05, 0) is 62.4 Å². The lowest BCUT2D eigenvalue weighted by atomic mass is 10.2. The van der Waals surface area contributed by atoms with Crippen molar-refractivity contribution < 1.29 is 9.21 Å². The smallest absolute Gasteiger partial charge is 0.269 e. The Hall–Kier alpha value is -3.73.